The Bertz CT molecular complexity index is 1410. The summed E-state index contributed by atoms with van der Waals surface area (Å²) in [6, 6.07) is 16.4. The van der Waals surface area contributed by atoms with Crippen LogP contribution in [0.25, 0.3) is 11.2 Å². The van der Waals surface area contributed by atoms with Crippen molar-refractivity contribution in [1.82, 2.24) is 19.1 Å². The predicted octanol–water partition coefficient (Wildman–Crippen LogP) is 2.30. The largest absolute Gasteiger partial charge is 0.740 e. The number of hydrogen-bond acceptors (Lipinski definition) is 6. The maximum atomic E-state index is 13.2. The summed E-state index contributed by atoms with van der Waals surface area (Å²) in [7, 11) is 0. The van der Waals surface area contributed by atoms with Gasteiger partial charge in [0.25, 0.3) is 5.56 Å². The summed E-state index contributed by atoms with van der Waals surface area (Å²) in [6.45, 7) is 2.38. The van der Waals surface area contributed by atoms with E-state index in [0.717, 1.165) is 5.56 Å². The summed E-state index contributed by atoms with van der Waals surface area (Å²) in [6.07, 6.45) is 1.42. The predicted molar refractivity (Wildman–Crippen MR) is 124 cm³/mol. The lowest BCUT2D eigenvalue weighted by Gasteiger charge is -2.14. The molecule has 0 aliphatic rings. The molecule has 4 rings (SSSR count). The van der Waals surface area contributed by atoms with Crippen LogP contribution in [0.4, 0.5) is 0 Å². The van der Waals surface area contributed by atoms with E-state index in [1.54, 1.807) is 24.3 Å². The standard InChI is InChI=1S/C23H24N4O5S/c1-2-13-27-22(28)20-21(25-19(24-20)15-16-8-4-3-5-9-16)26(23(27)29)14-12-17-10-6-7-11-18(17)32-33(30)31/h3-11H,2,12-15H2,1H3,(H,24,25)(H,30,31)/p-1. The van der Waals surface area contributed by atoms with Crippen molar-refractivity contribution in [1.29, 1.82) is 0 Å². The molecule has 1 N–H and O–H groups in total. The Kier molecular flexibility index (Phi) is 6.85. The number of benzene rings is 2. The number of H-pyrrole nitrogens is 1. The first-order valence-electron chi connectivity index (χ1n) is 10.6. The van der Waals surface area contributed by atoms with Gasteiger partial charge in [0.2, 0.25) is 0 Å². The topological polar surface area (TPSA) is 122 Å². The summed E-state index contributed by atoms with van der Waals surface area (Å²) in [4.78, 5) is 33.9. The van der Waals surface area contributed by atoms with E-state index < -0.39 is 22.6 Å². The normalized spacial score (nSPS) is 12.2. The van der Waals surface area contributed by atoms with Crippen molar-refractivity contribution in [2.75, 3.05) is 0 Å². The lowest BCUT2D eigenvalue weighted by molar-refractivity contribution is 0.437. The summed E-state index contributed by atoms with van der Waals surface area (Å²) >= 11 is -2.71. The van der Waals surface area contributed by atoms with Crippen LogP contribution in [-0.4, -0.2) is 27.9 Å². The number of nitrogens with zero attached hydrogens (tertiary/aromatic N) is 3. The zero-order valence-electron chi connectivity index (χ0n) is 18.0. The molecule has 0 spiro atoms. The van der Waals surface area contributed by atoms with Crippen LogP contribution in [0.5, 0.6) is 5.75 Å². The first-order chi connectivity index (χ1) is 16.0. The summed E-state index contributed by atoms with van der Waals surface area (Å²) in [5, 5.41) is 0. The molecule has 4 aromatic rings. The van der Waals surface area contributed by atoms with Gasteiger partial charge in [-0.1, -0.05) is 55.5 Å². The molecule has 2 aromatic heterocycles. The molecule has 0 aliphatic carbocycles. The van der Waals surface area contributed by atoms with Crippen LogP contribution in [0.1, 0.15) is 30.3 Å². The van der Waals surface area contributed by atoms with E-state index in [0.29, 0.717) is 30.7 Å². The lowest BCUT2D eigenvalue weighted by Crippen LogP contribution is -2.40. The van der Waals surface area contributed by atoms with Crippen LogP contribution >= 0.6 is 0 Å². The highest BCUT2D eigenvalue weighted by Gasteiger charge is 2.18. The second kappa shape index (κ2) is 9.97. The number of aromatic amines is 1. The van der Waals surface area contributed by atoms with Gasteiger partial charge in [0, 0.05) is 19.5 Å². The first kappa shape index (κ1) is 22.7. The van der Waals surface area contributed by atoms with Gasteiger partial charge in [0.1, 0.15) is 28.5 Å². The smallest absolute Gasteiger partial charge is 0.332 e. The quantitative estimate of drug-likeness (QED) is 0.377. The monoisotopic (exact) mass is 467 g/mol. The van der Waals surface area contributed by atoms with Gasteiger partial charge in [0.05, 0.1) is 0 Å². The molecule has 33 heavy (non-hydrogen) atoms. The Labute approximate surface area is 192 Å². The molecule has 2 aromatic carbocycles. The highest BCUT2D eigenvalue weighted by molar-refractivity contribution is 7.74. The van der Waals surface area contributed by atoms with Gasteiger partial charge in [-0.15, -0.1) is 0 Å². The van der Waals surface area contributed by atoms with Gasteiger partial charge >= 0.3 is 5.69 Å². The second-order valence-electron chi connectivity index (χ2n) is 7.58. The zero-order valence-corrected chi connectivity index (χ0v) is 18.8. The van der Waals surface area contributed by atoms with Crippen molar-refractivity contribution in [2.45, 2.75) is 39.3 Å². The number of para-hydroxylation sites is 1. The van der Waals surface area contributed by atoms with Crippen molar-refractivity contribution < 1.29 is 12.9 Å². The van der Waals surface area contributed by atoms with Crippen molar-refractivity contribution >= 4 is 22.5 Å². The number of nitrogens with one attached hydrogen (secondary N) is 1. The van der Waals surface area contributed by atoms with Crippen molar-refractivity contribution in [3.05, 3.63) is 92.4 Å². The van der Waals surface area contributed by atoms with Crippen LogP contribution in [0.15, 0.2) is 64.2 Å². The average Bonchev–Trinajstić information content (AvgIpc) is 3.21. The van der Waals surface area contributed by atoms with Crippen molar-refractivity contribution in [3.63, 3.8) is 0 Å². The molecule has 0 fully saturated rings. The van der Waals surface area contributed by atoms with E-state index in [2.05, 4.69) is 9.97 Å². The van der Waals surface area contributed by atoms with Crippen LogP contribution in [-0.2, 0) is 37.3 Å². The summed E-state index contributed by atoms with van der Waals surface area (Å²) in [5.41, 5.74) is 1.36. The molecule has 0 saturated heterocycles. The minimum atomic E-state index is -2.71. The number of imidazole rings is 1. The third-order valence-electron chi connectivity index (χ3n) is 5.31. The fourth-order valence-corrected chi connectivity index (χ4v) is 4.12. The summed E-state index contributed by atoms with van der Waals surface area (Å²) < 4.78 is 29.5. The molecule has 0 amide bonds. The number of fused-ring (bicyclic) bond motifs is 1. The molecule has 0 bridgehead atoms. The Hall–Kier alpha value is -3.50. The molecule has 1 atom stereocenters. The Morgan fingerprint density at radius 2 is 1.76 bits per heavy atom. The van der Waals surface area contributed by atoms with E-state index in [1.165, 1.54) is 9.13 Å². The molecular formula is C23H23N4O5S-. The van der Waals surface area contributed by atoms with Gasteiger partial charge < -0.3 is 13.7 Å². The molecule has 0 aliphatic heterocycles. The van der Waals surface area contributed by atoms with E-state index in [9.17, 15) is 18.4 Å². The molecule has 172 valence electrons. The number of hydrogen-bond donors (Lipinski definition) is 1. The van der Waals surface area contributed by atoms with Gasteiger partial charge in [-0.3, -0.25) is 13.9 Å². The fourth-order valence-electron chi connectivity index (χ4n) is 3.81. The number of aromatic nitrogens is 4. The van der Waals surface area contributed by atoms with Crippen LogP contribution in [0, 0.1) is 0 Å². The zero-order chi connectivity index (χ0) is 23.4. The van der Waals surface area contributed by atoms with Gasteiger partial charge in [-0.25, -0.2) is 14.0 Å². The molecular weight excluding hydrogens is 444 g/mol. The minimum Gasteiger partial charge on any atom is -0.740 e. The number of rotatable bonds is 9. The first-order valence-corrected chi connectivity index (χ1v) is 11.6. The average molecular weight is 468 g/mol. The SMILES string of the molecule is CCCn1c(=O)c2[nH]c(Cc3ccccc3)nc2n(CCc2ccccc2OS(=O)[O-])c1=O. The molecule has 0 radical (unpaired) electrons. The summed E-state index contributed by atoms with van der Waals surface area (Å²) in [5.74, 6) is 0.782. The van der Waals surface area contributed by atoms with Gasteiger partial charge in [-0.2, -0.15) is 0 Å². The van der Waals surface area contributed by atoms with E-state index in [4.69, 9.17) is 4.18 Å². The molecule has 2 heterocycles. The molecule has 10 heteroatoms. The van der Waals surface area contributed by atoms with E-state index >= 15 is 0 Å². The van der Waals surface area contributed by atoms with Gasteiger partial charge in [-0.05, 0) is 30.0 Å². The Balaban J connectivity index is 1.75. The Morgan fingerprint density at radius 1 is 1.03 bits per heavy atom. The molecule has 9 nitrogen and oxygen atoms in total. The number of aryl methyl sites for hydroxylation is 2. The second-order valence-corrected chi connectivity index (χ2v) is 8.16. The van der Waals surface area contributed by atoms with Crippen LogP contribution < -0.4 is 15.4 Å². The minimum absolute atomic E-state index is 0.195. The third-order valence-corrected chi connectivity index (χ3v) is 5.62. The van der Waals surface area contributed by atoms with Crippen LogP contribution in [0.3, 0.4) is 0 Å². The molecule has 1 unspecified atom stereocenters. The highest BCUT2D eigenvalue weighted by atomic mass is 32.2. The molecule has 0 saturated carbocycles. The van der Waals surface area contributed by atoms with Gasteiger partial charge in [0.15, 0.2) is 5.65 Å². The maximum Gasteiger partial charge on any atom is 0.332 e. The third kappa shape index (κ3) is 4.96. The Morgan fingerprint density at radius 3 is 2.48 bits per heavy atom. The maximum absolute atomic E-state index is 13.2. The van der Waals surface area contributed by atoms with Crippen LogP contribution in [0.2, 0.25) is 0 Å². The van der Waals surface area contributed by atoms with Crippen molar-refractivity contribution in [2.24, 2.45) is 0 Å². The highest BCUT2D eigenvalue weighted by Crippen LogP contribution is 2.20. The van der Waals surface area contributed by atoms with E-state index in [-0.39, 0.29) is 30.0 Å². The van der Waals surface area contributed by atoms with Crippen molar-refractivity contribution in [3.8, 4) is 5.75 Å². The lowest BCUT2D eigenvalue weighted by atomic mass is 10.1. The fraction of sp³-hybridized carbons (Fsp3) is 0.261. The van der Waals surface area contributed by atoms with E-state index in [1.807, 2.05) is 37.3 Å².